The summed E-state index contributed by atoms with van der Waals surface area (Å²) in [7, 11) is 1.78. The van der Waals surface area contributed by atoms with Gasteiger partial charge < -0.3 is 10.6 Å². The zero-order valence-electron chi connectivity index (χ0n) is 11.6. The Bertz CT molecular complexity index is 640. The van der Waals surface area contributed by atoms with E-state index in [-0.39, 0.29) is 5.91 Å². The highest BCUT2D eigenvalue weighted by molar-refractivity contribution is 9.10. The summed E-state index contributed by atoms with van der Waals surface area (Å²) in [5.41, 5.74) is 9.09. The first-order valence-electron chi connectivity index (χ1n) is 6.34. The fourth-order valence-electron chi connectivity index (χ4n) is 2.05. The molecule has 0 saturated heterocycles. The van der Waals surface area contributed by atoms with E-state index in [9.17, 15) is 4.79 Å². The summed E-state index contributed by atoms with van der Waals surface area (Å²) in [4.78, 5) is 14.1. The summed E-state index contributed by atoms with van der Waals surface area (Å²) >= 11 is 3.43. The molecule has 0 aliphatic heterocycles. The van der Waals surface area contributed by atoms with Crippen molar-refractivity contribution in [3.8, 4) is 0 Å². The predicted molar refractivity (Wildman–Crippen MR) is 85.5 cm³/mol. The van der Waals surface area contributed by atoms with Crippen molar-refractivity contribution in [1.29, 1.82) is 0 Å². The monoisotopic (exact) mass is 332 g/mol. The van der Waals surface area contributed by atoms with Crippen LogP contribution in [-0.4, -0.2) is 17.9 Å². The van der Waals surface area contributed by atoms with Crippen molar-refractivity contribution < 1.29 is 4.79 Å². The van der Waals surface area contributed by atoms with Gasteiger partial charge in [0.25, 0.3) is 5.91 Å². The minimum absolute atomic E-state index is 0.0637. The molecule has 1 amide bonds. The van der Waals surface area contributed by atoms with E-state index in [4.69, 9.17) is 5.73 Å². The number of benzene rings is 2. The maximum Gasteiger partial charge on any atom is 0.255 e. The molecular formula is C16H17BrN2O. The average Bonchev–Trinajstić information content (AvgIpc) is 2.41. The molecule has 4 heteroatoms. The zero-order chi connectivity index (χ0) is 14.7. The Hall–Kier alpha value is -1.81. The van der Waals surface area contributed by atoms with Gasteiger partial charge in [-0.2, -0.15) is 0 Å². The third-order valence-corrected chi connectivity index (χ3v) is 3.70. The second kappa shape index (κ2) is 6.09. The van der Waals surface area contributed by atoms with Crippen LogP contribution >= 0.6 is 15.9 Å². The molecule has 104 valence electrons. The topological polar surface area (TPSA) is 46.3 Å². The highest BCUT2D eigenvalue weighted by Gasteiger charge is 2.15. The molecule has 0 aliphatic rings. The number of aryl methyl sites for hydroxylation is 1. The Morgan fingerprint density at radius 1 is 1.25 bits per heavy atom. The van der Waals surface area contributed by atoms with E-state index in [2.05, 4.69) is 15.9 Å². The van der Waals surface area contributed by atoms with Gasteiger partial charge in [0.05, 0.1) is 5.56 Å². The molecule has 3 nitrogen and oxygen atoms in total. The van der Waals surface area contributed by atoms with Crippen LogP contribution in [0.4, 0.5) is 5.69 Å². The molecule has 2 aromatic rings. The molecule has 0 heterocycles. The minimum Gasteiger partial charge on any atom is -0.398 e. The molecule has 0 spiro atoms. The predicted octanol–water partition coefficient (Wildman–Crippen LogP) is 3.61. The van der Waals surface area contributed by atoms with Crippen molar-refractivity contribution in [2.45, 2.75) is 13.5 Å². The van der Waals surface area contributed by atoms with Crippen LogP contribution in [0, 0.1) is 6.92 Å². The van der Waals surface area contributed by atoms with Crippen LogP contribution in [-0.2, 0) is 6.54 Å². The Balaban J connectivity index is 2.19. The zero-order valence-corrected chi connectivity index (χ0v) is 13.1. The van der Waals surface area contributed by atoms with Crippen LogP contribution in [0.2, 0.25) is 0 Å². The van der Waals surface area contributed by atoms with Gasteiger partial charge >= 0.3 is 0 Å². The fraction of sp³-hybridized carbons (Fsp3) is 0.188. The minimum atomic E-state index is -0.0637. The molecule has 2 rings (SSSR count). The molecule has 0 aliphatic carbocycles. The van der Waals surface area contributed by atoms with Gasteiger partial charge in [-0.1, -0.05) is 40.2 Å². The lowest BCUT2D eigenvalue weighted by Gasteiger charge is -2.19. The smallest absolute Gasteiger partial charge is 0.255 e. The largest absolute Gasteiger partial charge is 0.398 e. The van der Waals surface area contributed by atoms with Crippen molar-refractivity contribution in [3.05, 3.63) is 63.6 Å². The van der Waals surface area contributed by atoms with E-state index in [1.54, 1.807) is 18.0 Å². The van der Waals surface area contributed by atoms with Gasteiger partial charge in [0.15, 0.2) is 0 Å². The third kappa shape index (κ3) is 3.20. The number of carbonyl (C=O) groups is 1. The SMILES string of the molecule is Cc1cccc(C(=O)N(C)Cc2cccc(Br)c2)c1N. The maximum absolute atomic E-state index is 12.4. The molecule has 0 atom stereocenters. The van der Waals surface area contributed by atoms with E-state index in [1.807, 2.05) is 43.3 Å². The van der Waals surface area contributed by atoms with Gasteiger partial charge in [-0.15, -0.1) is 0 Å². The number of rotatable bonds is 3. The number of carbonyl (C=O) groups excluding carboxylic acids is 1. The van der Waals surface area contributed by atoms with E-state index in [0.717, 1.165) is 15.6 Å². The quantitative estimate of drug-likeness (QED) is 0.872. The average molecular weight is 333 g/mol. The number of hydrogen-bond donors (Lipinski definition) is 1. The standard InChI is InChI=1S/C16H17BrN2O/c1-11-5-3-8-14(15(11)18)16(20)19(2)10-12-6-4-7-13(17)9-12/h3-9H,10,18H2,1-2H3. The van der Waals surface area contributed by atoms with E-state index < -0.39 is 0 Å². The highest BCUT2D eigenvalue weighted by atomic mass is 79.9. The van der Waals surface area contributed by atoms with E-state index in [1.165, 1.54) is 0 Å². The van der Waals surface area contributed by atoms with Crippen molar-refractivity contribution in [3.63, 3.8) is 0 Å². The van der Waals surface area contributed by atoms with Gasteiger partial charge in [-0.3, -0.25) is 4.79 Å². The molecule has 20 heavy (non-hydrogen) atoms. The molecule has 2 N–H and O–H groups in total. The number of nitrogen functional groups attached to an aromatic ring is 1. The maximum atomic E-state index is 12.4. The molecular weight excluding hydrogens is 316 g/mol. The first-order chi connectivity index (χ1) is 9.49. The molecule has 0 aromatic heterocycles. The molecule has 0 bridgehead atoms. The number of nitrogens with two attached hydrogens (primary N) is 1. The Morgan fingerprint density at radius 3 is 2.65 bits per heavy atom. The number of nitrogens with zero attached hydrogens (tertiary/aromatic N) is 1. The number of amides is 1. The van der Waals surface area contributed by atoms with Gasteiger partial charge in [-0.25, -0.2) is 0 Å². The lowest BCUT2D eigenvalue weighted by atomic mass is 10.1. The number of halogens is 1. The van der Waals surface area contributed by atoms with Crippen molar-refractivity contribution >= 4 is 27.5 Å². The number of hydrogen-bond acceptors (Lipinski definition) is 2. The first-order valence-corrected chi connectivity index (χ1v) is 7.13. The molecule has 0 unspecified atom stereocenters. The third-order valence-electron chi connectivity index (χ3n) is 3.21. The van der Waals surface area contributed by atoms with Gasteiger partial charge in [0.1, 0.15) is 0 Å². The second-order valence-corrected chi connectivity index (χ2v) is 5.74. The van der Waals surface area contributed by atoms with Gasteiger partial charge in [0.2, 0.25) is 0 Å². The highest BCUT2D eigenvalue weighted by Crippen LogP contribution is 2.19. The Morgan fingerprint density at radius 2 is 1.95 bits per heavy atom. The fourth-order valence-corrected chi connectivity index (χ4v) is 2.50. The number of anilines is 1. The molecule has 2 aromatic carbocycles. The lowest BCUT2D eigenvalue weighted by molar-refractivity contribution is 0.0786. The second-order valence-electron chi connectivity index (χ2n) is 4.83. The van der Waals surface area contributed by atoms with Crippen molar-refractivity contribution in [1.82, 2.24) is 4.90 Å². The van der Waals surface area contributed by atoms with Crippen molar-refractivity contribution in [2.24, 2.45) is 0 Å². The molecule has 0 radical (unpaired) electrons. The summed E-state index contributed by atoms with van der Waals surface area (Å²) in [5.74, 6) is -0.0637. The van der Waals surface area contributed by atoms with Crippen LogP contribution in [0.15, 0.2) is 46.9 Å². The van der Waals surface area contributed by atoms with Crippen LogP contribution in [0.25, 0.3) is 0 Å². The number of para-hydroxylation sites is 1. The summed E-state index contributed by atoms with van der Waals surface area (Å²) < 4.78 is 1.01. The summed E-state index contributed by atoms with van der Waals surface area (Å²) in [6, 6.07) is 13.4. The van der Waals surface area contributed by atoms with Crippen LogP contribution in [0.1, 0.15) is 21.5 Å². The summed E-state index contributed by atoms with van der Waals surface area (Å²) in [6.45, 7) is 2.45. The molecule has 0 fully saturated rings. The normalized spacial score (nSPS) is 10.3. The van der Waals surface area contributed by atoms with Crippen LogP contribution in [0.5, 0.6) is 0 Å². The van der Waals surface area contributed by atoms with Crippen LogP contribution < -0.4 is 5.73 Å². The Labute approximate surface area is 127 Å². The Kier molecular flexibility index (Phi) is 4.45. The van der Waals surface area contributed by atoms with Crippen molar-refractivity contribution in [2.75, 3.05) is 12.8 Å². The van der Waals surface area contributed by atoms with E-state index in [0.29, 0.717) is 17.8 Å². The summed E-state index contributed by atoms with van der Waals surface area (Å²) in [6.07, 6.45) is 0. The lowest BCUT2D eigenvalue weighted by Crippen LogP contribution is -2.27. The summed E-state index contributed by atoms with van der Waals surface area (Å²) in [5, 5.41) is 0. The van der Waals surface area contributed by atoms with Crippen LogP contribution in [0.3, 0.4) is 0 Å². The van der Waals surface area contributed by atoms with E-state index >= 15 is 0 Å². The van der Waals surface area contributed by atoms with Gasteiger partial charge in [-0.05, 0) is 36.2 Å². The first kappa shape index (κ1) is 14.6. The molecule has 0 saturated carbocycles. The van der Waals surface area contributed by atoms with Gasteiger partial charge in [0, 0.05) is 23.8 Å².